The molecule has 0 N–H and O–H groups in total. The van der Waals surface area contributed by atoms with E-state index < -0.39 is 18.1 Å². The molecule has 0 unspecified atom stereocenters. The number of nitrogens with zero attached hydrogens (tertiary/aromatic N) is 6. The third kappa shape index (κ3) is 3.08. The number of benzene rings is 1. The van der Waals surface area contributed by atoms with Crippen LogP contribution in [0.4, 0.5) is 23.4 Å². The van der Waals surface area contributed by atoms with Crippen LogP contribution in [0.1, 0.15) is 36.4 Å². The van der Waals surface area contributed by atoms with E-state index in [-0.39, 0.29) is 17.2 Å². The zero-order valence-electron chi connectivity index (χ0n) is 15.6. The van der Waals surface area contributed by atoms with Gasteiger partial charge in [-0.3, -0.25) is 0 Å². The first-order chi connectivity index (χ1) is 14.5. The summed E-state index contributed by atoms with van der Waals surface area (Å²) in [5.41, 5.74) is 0.946. The average molecular weight is 416 g/mol. The molecule has 4 heterocycles. The minimum Gasteiger partial charge on any atom is -0.349 e. The summed E-state index contributed by atoms with van der Waals surface area (Å²) in [4.78, 5) is 6.56. The van der Waals surface area contributed by atoms with Crippen molar-refractivity contribution in [2.45, 2.75) is 25.3 Å². The molecule has 0 radical (unpaired) electrons. The summed E-state index contributed by atoms with van der Waals surface area (Å²) in [6.07, 6.45) is 4.35. The molecule has 5 rings (SSSR count). The number of halogens is 4. The molecule has 0 spiro atoms. The molecule has 0 bridgehead atoms. The number of aromatic nitrogens is 5. The zero-order valence-corrected chi connectivity index (χ0v) is 15.6. The Morgan fingerprint density at radius 3 is 2.73 bits per heavy atom. The van der Waals surface area contributed by atoms with Crippen molar-refractivity contribution >= 4 is 11.5 Å². The summed E-state index contributed by atoms with van der Waals surface area (Å²) >= 11 is 0. The number of alkyl halides is 2. The van der Waals surface area contributed by atoms with Gasteiger partial charge in [0.25, 0.3) is 6.43 Å². The topological polar surface area (TPSA) is 51.2 Å². The normalized spacial score (nSPS) is 16.8. The van der Waals surface area contributed by atoms with Gasteiger partial charge in [0.05, 0.1) is 24.0 Å². The van der Waals surface area contributed by atoms with Gasteiger partial charge in [-0.15, -0.1) is 0 Å². The number of hydrogen-bond donors (Lipinski definition) is 0. The monoisotopic (exact) mass is 416 g/mol. The van der Waals surface area contributed by atoms with Gasteiger partial charge in [-0.05, 0) is 37.1 Å². The summed E-state index contributed by atoms with van der Waals surface area (Å²) < 4.78 is 56.7. The summed E-state index contributed by atoms with van der Waals surface area (Å²) in [7, 11) is 0. The van der Waals surface area contributed by atoms with E-state index in [0.717, 1.165) is 24.8 Å². The van der Waals surface area contributed by atoms with Crippen LogP contribution in [0, 0.1) is 11.6 Å². The van der Waals surface area contributed by atoms with Crippen molar-refractivity contribution in [1.29, 1.82) is 0 Å². The highest BCUT2D eigenvalue weighted by Gasteiger charge is 2.30. The molecule has 6 nitrogen and oxygen atoms in total. The Balaban J connectivity index is 1.55. The maximum Gasteiger partial charge on any atom is 0.266 e. The van der Waals surface area contributed by atoms with Crippen LogP contribution >= 0.6 is 0 Å². The molecule has 10 heteroatoms. The van der Waals surface area contributed by atoms with E-state index >= 15 is 0 Å². The molecule has 0 aliphatic carbocycles. The van der Waals surface area contributed by atoms with Crippen LogP contribution in [-0.4, -0.2) is 30.9 Å². The quantitative estimate of drug-likeness (QED) is 0.461. The lowest BCUT2D eigenvalue weighted by Crippen LogP contribution is -2.24. The summed E-state index contributed by atoms with van der Waals surface area (Å²) in [6.45, 7) is 0.630. The SMILES string of the molecule is Fc1ccc(F)c([C@H]2CCCN2c2ccn3ncc(-n4cc(C(F)F)cn4)c3n2)c1. The Morgan fingerprint density at radius 2 is 1.93 bits per heavy atom. The van der Waals surface area contributed by atoms with Gasteiger partial charge >= 0.3 is 0 Å². The van der Waals surface area contributed by atoms with Crippen molar-refractivity contribution in [3.8, 4) is 5.69 Å². The van der Waals surface area contributed by atoms with Crippen molar-refractivity contribution in [1.82, 2.24) is 24.4 Å². The molecule has 1 aliphatic rings. The molecule has 154 valence electrons. The van der Waals surface area contributed by atoms with Crippen molar-refractivity contribution in [3.05, 3.63) is 71.8 Å². The van der Waals surface area contributed by atoms with E-state index in [2.05, 4.69) is 15.2 Å². The smallest absolute Gasteiger partial charge is 0.266 e. The van der Waals surface area contributed by atoms with Gasteiger partial charge < -0.3 is 4.90 Å². The molecule has 1 aliphatic heterocycles. The Morgan fingerprint density at radius 1 is 1.07 bits per heavy atom. The molecular formula is C20H16F4N6. The Kier molecular flexibility index (Phi) is 4.41. The van der Waals surface area contributed by atoms with Gasteiger partial charge in [0.2, 0.25) is 0 Å². The fourth-order valence-electron chi connectivity index (χ4n) is 3.88. The van der Waals surface area contributed by atoms with E-state index in [4.69, 9.17) is 0 Å². The molecule has 1 atom stereocenters. The van der Waals surface area contributed by atoms with Gasteiger partial charge in [0, 0.05) is 24.5 Å². The standard InChI is InChI=1S/C20H16F4N6/c21-13-3-4-15(22)14(8-13)16-2-1-6-28(16)18-5-7-29-20(27-18)17(10-26-29)30-11-12(9-25-30)19(23)24/h3-5,7-11,16,19H,1-2,6H2/t16-/m1/s1. The number of fused-ring (bicyclic) bond motifs is 1. The van der Waals surface area contributed by atoms with E-state index in [1.807, 2.05) is 4.90 Å². The Bertz CT molecular complexity index is 1220. The molecule has 30 heavy (non-hydrogen) atoms. The van der Waals surface area contributed by atoms with Crippen LogP contribution in [-0.2, 0) is 0 Å². The molecule has 4 aromatic rings. The maximum atomic E-state index is 14.4. The van der Waals surface area contributed by atoms with Crippen LogP contribution in [0.15, 0.2) is 49.1 Å². The lowest BCUT2D eigenvalue weighted by atomic mass is 10.0. The van der Waals surface area contributed by atoms with Gasteiger partial charge in [-0.2, -0.15) is 10.2 Å². The zero-order chi connectivity index (χ0) is 20.8. The van der Waals surface area contributed by atoms with Crippen molar-refractivity contribution < 1.29 is 17.6 Å². The molecule has 3 aromatic heterocycles. The van der Waals surface area contributed by atoms with Crippen LogP contribution < -0.4 is 4.90 Å². The number of anilines is 1. The molecule has 0 amide bonds. The fourth-order valence-corrected chi connectivity index (χ4v) is 3.88. The van der Waals surface area contributed by atoms with E-state index in [1.165, 1.54) is 27.7 Å². The molecule has 1 fully saturated rings. The largest absolute Gasteiger partial charge is 0.349 e. The molecule has 1 aromatic carbocycles. The molecular weight excluding hydrogens is 400 g/mol. The highest BCUT2D eigenvalue weighted by atomic mass is 19.3. The predicted molar refractivity (Wildman–Crippen MR) is 101 cm³/mol. The Labute approximate surface area is 168 Å². The third-order valence-corrected chi connectivity index (χ3v) is 5.30. The average Bonchev–Trinajstić information content (AvgIpc) is 3.47. The Hall–Kier alpha value is -3.43. The van der Waals surface area contributed by atoms with Crippen LogP contribution in [0.25, 0.3) is 11.3 Å². The first kappa shape index (κ1) is 18.6. The lowest BCUT2D eigenvalue weighted by Gasteiger charge is -2.26. The van der Waals surface area contributed by atoms with Crippen molar-refractivity contribution in [3.63, 3.8) is 0 Å². The molecule has 1 saturated heterocycles. The molecule has 0 saturated carbocycles. The fraction of sp³-hybridized carbons (Fsp3) is 0.250. The van der Waals surface area contributed by atoms with E-state index in [9.17, 15) is 17.6 Å². The van der Waals surface area contributed by atoms with Gasteiger partial charge in [0.1, 0.15) is 23.1 Å². The highest BCUT2D eigenvalue weighted by Crippen LogP contribution is 2.37. The van der Waals surface area contributed by atoms with Crippen LogP contribution in [0.5, 0.6) is 0 Å². The van der Waals surface area contributed by atoms with E-state index in [1.54, 1.807) is 12.3 Å². The van der Waals surface area contributed by atoms with Crippen LogP contribution in [0.2, 0.25) is 0 Å². The van der Waals surface area contributed by atoms with Crippen molar-refractivity contribution in [2.75, 3.05) is 11.4 Å². The van der Waals surface area contributed by atoms with Gasteiger partial charge in [-0.25, -0.2) is 31.7 Å². The van der Waals surface area contributed by atoms with Crippen molar-refractivity contribution in [2.24, 2.45) is 0 Å². The number of rotatable bonds is 4. The second kappa shape index (κ2) is 7.12. The first-order valence-corrected chi connectivity index (χ1v) is 9.40. The van der Waals surface area contributed by atoms with E-state index in [0.29, 0.717) is 30.1 Å². The summed E-state index contributed by atoms with van der Waals surface area (Å²) in [6, 6.07) is 4.84. The lowest BCUT2D eigenvalue weighted by molar-refractivity contribution is 0.151. The predicted octanol–water partition coefficient (Wildman–Crippen LogP) is 4.47. The maximum absolute atomic E-state index is 14.4. The highest BCUT2D eigenvalue weighted by molar-refractivity contribution is 5.61. The minimum absolute atomic E-state index is 0.202. The van der Waals surface area contributed by atoms with Gasteiger partial charge in [-0.1, -0.05) is 0 Å². The minimum atomic E-state index is -2.63. The second-order valence-corrected chi connectivity index (χ2v) is 7.12. The summed E-state index contributed by atoms with van der Waals surface area (Å²) in [5, 5.41) is 8.18. The second-order valence-electron chi connectivity index (χ2n) is 7.12. The first-order valence-electron chi connectivity index (χ1n) is 9.40. The summed E-state index contributed by atoms with van der Waals surface area (Å²) in [5.74, 6) is -0.389. The third-order valence-electron chi connectivity index (χ3n) is 5.30. The number of hydrogen-bond acceptors (Lipinski definition) is 4. The van der Waals surface area contributed by atoms with Gasteiger partial charge in [0.15, 0.2) is 5.65 Å². The van der Waals surface area contributed by atoms with Crippen LogP contribution in [0.3, 0.4) is 0 Å².